The van der Waals surface area contributed by atoms with Crippen LogP contribution in [0.5, 0.6) is 5.75 Å². The molecular formula is C27H24N4O2S. The number of fused-ring (bicyclic) bond motifs is 2. The van der Waals surface area contributed by atoms with Crippen LogP contribution in [0.3, 0.4) is 0 Å². The summed E-state index contributed by atoms with van der Waals surface area (Å²) in [6.07, 6.45) is 1.93. The van der Waals surface area contributed by atoms with E-state index in [4.69, 9.17) is 14.7 Å². The van der Waals surface area contributed by atoms with Crippen LogP contribution >= 0.6 is 11.3 Å². The summed E-state index contributed by atoms with van der Waals surface area (Å²) in [6, 6.07) is 25.8. The van der Waals surface area contributed by atoms with Crippen LogP contribution in [-0.4, -0.2) is 31.9 Å². The summed E-state index contributed by atoms with van der Waals surface area (Å²) < 4.78 is 9.14. The molecule has 6 nitrogen and oxygen atoms in total. The minimum absolute atomic E-state index is 0.0312. The van der Waals surface area contributed by atoms with Gasteiger partial charge in [0.15, 0.2) is 0 Å². The maximum absolute atomic E-state index is 13.6. The van der Waals surface area contributed by atoms with E-state index in [2.05, 4.69) is 6.07 Å². The molecule has 2 aromatic heterocycles. The number of aromatic nitrogens is 3. The van der Waals surface area contributed by atoms with E-state index in [9.17, 15) is 4.79 Å². The molecule has 34 heavy (non-hydrogen) atoms. The topological polar surface area (TPSA) is 60.3 Å². The van der Waals surface area contributed by atoms with Crippen LogP contribution in [0, 0.1) is 0 Å². The Morgan fingerprint density at radius 2 is 1.71 bits per heavy atom. The molecule has 7 heteroatoms. The predicted molar refractivity (Wildman–Crippen MR) is 134 cm³/mol. The Labute approximate surface area is 201 Å². The number of ether oxygens (including phenoxy) is 1. The molecule has 0 N–H and O–H groups in total. The molecule has 0 radical (unpaired) electrons. The number of amides is 1. The molecule has 5 aromatic rings. The monoisotopic (exact) mass is 468 g/mol. The summed E-state index contributed by atoms with van der Waals surface area (Å²) in [4.78, 5) is 25.2. The first-order chi connectivity index (χ1) is 16.8. The van der Waals surface area contributed by atoms with E-state index in [1.54, 1.807) is 11.3 Å². The largest absolute Gasteiger partial charge is 0.486 e. The van der Waals surface area contributed by atoms with Crippen molar-refractivity contribution in [1.82, 2.24) is 19.4 Å². The summed E-state index contributed by atoms with van der Waals surface area (Å²) in [5, 5.41) is 1.02. The molecule has 6 rings (SSSR count). The first kappa shape index (κ1) is 20.9. The van der Waals surface area contributed by atoms with Gasteiger partial charge >= 0.3 is 0 Å². The van der Waals surface area contributed by atoms with Crippen LogP contribution in [0.1, 0.15) is 29.7 Å². The van der Waals surface area contributed by atoms with Gasteiger partial charge in [-0.25, -0.2) is 9.97 Å². The van der Waals surface area contributed by atoms with Gasteiger partial charge in [0, 0.05) is 6.54 Å². The van der Waals surface area contributed by atoms with Gasteiger partial charge in [0.1, 0.15) is 29.7 Å². The zero-order chi connectivity index (χ0) is 22.9. The van der Waals surface area contributed by atoms with Crippen LogP contribution in [0.4, 0.5) is 0 Å². The van der Waals surface area contributed by atoms with Crippen molar-refractivity contribution < 1.29 is 9.53 Å². The fraction of sp³-hybridized carbons (Fsp3) is 0.222. The molecule has 0 saturated carbocycles. The number of thiazole rings is 1. The Morgan fingerprint density at radius 1 is 0.941 bits per heavy atom. The average molecular weight is 469 g/mol. The van der Waals surface area contributed by atoms with Crippen molar-refractivity contribution in [3.05, 3.63) is 89.7 Å². The summed E-state index contributed by atoms with van der Waals surface area (Å²) in [7, 11) is 0. The normalized spacial score (nSPS) is 15.9. The van der Waals surface area contributed by atoms with E-state index >= 15 is 0 Å². The lowest BCUT2D eigenvalue weighted by molar-refractivity contribution is -0.132. The van der Waals surface area contributed by atoms with Crippen LogP contribution in [-0.2, 0) is 17.9 Å². The highest BCUT2D eigenvalue weighted by atomic mass is 32.1. The zero-order valence-corrected chi connectivity index (χ0v) is 19.4. The molecule has 1 saturated heterocycles. The molecule has 0 spiro atoms. The van der Waals surface area contributed by atoms with Gasteiger partial charge in [0.2, 0.25) is 5.91 Å². The van der Waals surface area contributed by atoms with Gasteiger partial charge in [0.05, 0.1) is 27.3 Å². The second-order valence-corrected chi connectivity index (χ2v) is 9.53. The standard InChI is InChI=1S/C27H24N4O2S/c32-26(30-16-8-14-23(30)27-29-21-12-5-7-15-24(21)34-27)17-31-22-13-6-4-11-20(22)28-25(31)18-33-19-9-2-1-3-10-19/h1-7,9-13,15,23H,8,14,16-18H2. The number of hydrogen-bond acceptors (Lipinski definition) is 5. The molecule has 3 aromatic carbocycles. The lowest BCUT2D eigenvalue weighted by atomic mass is 10.2. The molecule has 1 amide bonds. The molecule has 0 bridgehead atoms. The Balaban J connectivity index is 1.27. The van der Waals surface area contributed by atoms with Gasteiger partial charge in [-0.1, -0.05) is 42.5 Å². The minimum Gasteiger partial charge on any atom is -0.486 e. The molecule has 1 unspecified atom stereocenters. The third-order valence-electron chi connectivity index (χ3n) is 6.31. The van der Waals surface area contributed by atoms with Gasteiger partial charge in [-0.3, -0.25) is 4.79 Å². The molecule has 0 aliphatic carbocycles. The maximum Gasteiger partial charge on any atom is 0.243 e. The Bertz CT molecular complexity index is 1430. The molecule has 1 fully saturated rings. The molecule has 1 atom stereocenters. The quantitative estimate of drug-likeness (QED) is 0.326. The Morgan fingerprint density at radius 3 is 2.56 bits per heavy atom. The van der Waals surface area contributed by atoms with E-state index in [0.717, 1.165) is 57.2 Å². The van der Waals surface area contributed by atoms with Crippen LogP contribution < -0.4 is 4.74 Å². The minimum atomic E-state index is 0.0312. The number of likely N-dealkylation sites (tertiary alicyclic amines) is 1. The first-order valence-corrected chi connectivity index (χ1v) is 12.3. The van der Waals surface area contributed by atoms with Crippen molar-refractivity contribution in [2.75, 3.05) is 6.54 Å². The van der Waals surface area contributed by atoms with Gasteiger partial charge in [-0.2, -0.15) is 0 Å². The lowest BCUT2D eigenvalue weighted by Gasteiger charge is -2.24. The maximum atomic E-state index is 13.6. The number of carbonyl (C=O) groups is 1. The summed E-state index contributed by atoms with van der Waals surface area (Å²) in [5.41, 5.74) is 2.81. The smallest absolute Gasteiger partial charge is 0.243 e. The number of carbonyl (C=O) groups excluding carboxylic acids is 1. The fourth-order valence-electron chi connectivity index (χ4n) is 4.66. The molecular weight excluding hydrogens is 444 g/mol. The molecule has 1 aliphatic rings. The average Bonchev–Trinajstić information content (AvgIpc) is 3.60. The Hall–Kier alpha value is -3.71. The number of rotatable bonds is 6. The van der Waals surface area contributed by atoms with E-state index in [1.807, 2.05) is 82.3 Å². The van der Waals surface area contributed by atoms with Crippen LogP contribution in [0.2, 0.25) is 0 Å². The van der Waals surface area contributed by atoms with Crippen molar-refractivity contribution >= 4 is 38.5 Å². The second kappa shape index (κ2) is 8.91. The van der Waals surface area contributed by atoms with Crippen LogP contribution in [0.15, 0.2) is 78.9 Å². The fourth-order valence-corrected chi connectivity index (χ4v) is 5.77. The van der Waals surface area contributed by atoms with E-state index in [1.165, 1.54) is 0 Å². The van der Waals surface area contributed by atoms with E-state index < -0.39 is 0 Å². The second-order valence-electron chi connectivity index (χ2n) is 8.47. The van der Waals surface area contributed by atoms with Crippen molar-refractivity contribution in [2.45, 2.75) is 32.0 Å². The van der Waals surface area contributed by atoms with Crippen molar-refractivity contribution in [3.8, 4) is 5.75 Å². The molecule has 3 heterocycles. The lowest BCUT2D eigenvalue weighted by Crippen LogP contribution is -2.33. The van der Waals surface area contributed by atoms with Crippen molar-refractivity contribution in [2.24, 2.45) is 0 Å². The molecule has 170 valence electrons. The summed E-state index contributed by atoms with van der Waals surface area (Å²) in [6.45, 7) is 1.28. The van der Waals surface area contributed by atoms with Gasteiger partial charge in [-0.05, 0) is 49.2 Å². The highest BCUT2D eigenvalue weighted by molar-refractivity contribution is 7.18. The summed E-state index contributed by atoms with van der Waals surface area (Å²) in [5.74, 6) is 1.61. The van der Waals surface area contributed by atoms with E-state index in [-0.39, 0.29) is 18.5 Å². The highest BCUT2D eigenvalue weighted by Gasteiger charge is 2.32. The van der Waals surface area contributed by atoms with Crippen molar-refractivity contribution in [3.63, 3.8) is 0 Å². The van der Waals surface area contributed by atoms with Gasteiger partial charge < -0.3 is 14.2 Å². The van der Waals surface area contributed by atoms with Crippen molar-refractivity contribution in [1.29, 1.82) is 0 Å². The molecule has 1 aliphatic heterocycles. The van der Waals surface area contributed by atoms with E-state index in [0.29, 0.717) is 6.61 Å². The SMILES string of the molecule is O=C(Cn1c(COc2ccccc2)nc2ccccc21)N1CCCC1c1nc2ccccc2s1. The number of hydrogen-bond donors (Lipinski definition) is 0. The predicted octanol–water partition coefficient (Wildman–Crippen LogP) is 5.59. The van der Waals surface area contributed by atoms with Crippen LogP contribution in [0.25, 0.3) is 21.3 Å². The number of para-hydroxylation sites is 4. The zero-order valence-electron chi connectivity index (χ0n) is 18.6. The number of benzene rings is 3. The number of nitrogens with zero attached hydrogens (tertiary/aromatic N) is 4. The van der Waals surface area contributed by atoms with Gasteiger partial charge in [-0.15, -0.1) is 11.3 Å². The number of imidazole rings is 1. The Kier molecular flexibility index (Phi) is 5.47. The third kappa shape index (κ3) is 3.92. The van der Waals surface area contributed by atoms with Gasteiger partial charge in [0.25, 0.3) is 0 Å². The highest BCUT2D eigenvalue weighted by Crippen LogP contribution is 2.36. The third-order valence-corrected chi connectivity index (χ3v) is 7.44. The summed E-state index contributed by atoms with van der Waals surface area (Å²) >= 11 is 1.69. The first-order valence-electron chi connectivity index (χ1n) is 11.5.